The van der Waals surface area contributed by atoms with Crippen molar-refractivity contribution in [3.05, 3.63) is 71.9 Å². The Balaban J connectivity index is 1.34. The SMILES string of the molecule is O=C(Nc1ccc2c(c1)OC(F)(F)O2)c1ccccc1NCc1ccnc(NCCOC(=O)C(F)(F)F)c1. The summed E-state index contributed by atoms with van der Waals surface area (Å²) in [5.41, 5.74) is 1.69. The highest BCUT2D eigenvalue weighted by Crippen LogP contribution is 2.42. The van der Waals surface area contributed by atoms with Crippen molar-refractivity contribution in [3.63, 3.8) is 0 Å². The van der Waals surface area contributed by atoms with E-state index in [0.717, 1.165) is 5.56 Å². The molecule has 1 amide bonds. The van der Waals surface area contributed by atoms with Crippen LogP contribution < -0.4 is 25.4 Å². The molecule has 0 radical (unpaired) electrons. The van der Waals surface area contributed by atoms with Gasteiger partial charge in [0.1, 0.15) is 12.4 Å². The number of alkyl halides is 5. The highest BCUT2D eigenvalue weighted by atomic mass is 19.4. The first-order valence-corrected chi connectivity index (χ1v) is 11.0. The molecule has 4 rings (SSSR count). The molecule has 0 atom stereocenters. The first-order valence-electron chi connectivity index (χ1n) is 11.0. The monoisotopic (exact) mass is 538 g/mol. The van der Waals surface area contributed by atoms with Gasteiger partial charge >= 0.3 is 18.4 Å². The standard InChI is InChI=1S/C24H19F5N4O5/c25-23(26,27)22(35)36-10-9-31-20-11-14(7-8-30-20)13-32-17-4-2-1-3-16(17)21(34)33-15-5-6-18-19(12-15)38-24(28,29)37-18/h1-8,11-12,32H,9-10,13H2,(H,30,31)(H,33,34). The Labute approximate surface area is 211 Å². The molecule has 0 unspecified atom stereocenters. The van der Waals surface area contributed by atoms with E-state index in [0.29, 0.717) is 11.5 Å². The Morgan fingerprint density at radius 2 is 1.74 bits per heavy atom. The molecule has 3 N–H and O–H groups in total. The van der Waals surface area contributed by atoms with Crippen molar-refractivity contribution >= 4 is 29.1 Å². The molecule has 0 bridgehead atoms. The Kier molecular flexibility index (Phi) is 7.50. The summed E-state index contributed by atoms with van der Waals surface area (Å²) in [7, 11) is 0. The summed E-state index contributed by atoms with van der Waals surface area (Å²) in [6, 6.07) is 13.8. The summed E-state index contributed by atoms with van der Waals surface area (Å²) >= 11 is 0. The summed E-state index contributed by atoms with van der Waals surface area (Å²) in [4.78, 5) is 27.7. The Morgan fingerprint density at radius 3 is 2.53 bits per heavy atom. The average Bonchev–Trinajstić information content (AvgIpc) is 3.18. The number of carbonyl (C=O) groups excluding carboxylic acids is 2. The molecule has 3 aromatic rings. The maximum atomic E-state index is 13.2. The predicted molar refractivity (Wildman–Crippen MR) is 124 cm³/mol. The zero-order valence-electron chi connectivity index (χ0n) is 19.3. The molecule has 2 aromatic carbocycles. The van der Waals surface area contributed by atoms with Gasteiger partial charge < -0.3 is 30.2 Å². The Bertz CT molecular complexity index is 1340. The molecular formula is C24H19F5N4O5. The molecule has 0 spiro atoms. The van der Waals surface area contributed by atoms with Crippen molar-refractivity contribution < 1.29 is 45.8 Å². The third-order valence-electron chi connectivity index (χ3n) is 5.01. The number of hydrogen-bond donors (Lipinski definition) is 3. The van der Waals surface area contributed by atoms with Gasteiger partial charge in [-0.05, 0) is 42.0 Å². The van der Waals surface area contributed by atoms with Crippen molar-refractivity contribution in [1.29, 1.82) is 0 Å². The zero-order valence-corrected chi connectivity index (χ0v) is 19.3. The Morgan fingerprint density at radius 1 is 0.974 bits per heavy atom. The van der Waals surface area contributed by atoms with Gasteiger partial charge in [0.05, 0.1) is 12.1 Å². The van der Waals surface area contributed by atoms with Gasteiger partial charge in [-0.15, -0.1) is 8.78 Å². The van der Waals surface area contributed by atoms with E-state index in [9.17, 15) is 31.5 Å². The number of benzene rings is 2. The van der Waals surface area contributed by atoms with E-state index in [2.05, 4.69) is 35.1 Å². The lowest BCUT2D eigenvalue weighted by Crippen LogP contribution is -2.27. The van der Waals surface area contributed by atoms with Gasteiger partial charge in [0.2, 0.25) is 0 Å². The van der Waals surface area contributed by atoms with Crippen LogP contribution in [0.5, 0.6) is 11.5 Å². The summed E-state index contributed by atoms with van der Waals surface area (Å²) in [5, 5.41) is 8.50. The molecule has 0 saturated heterocycles. The molecule has 0 fully saturated rings. The van der Waals surface area contributed by atoms with Crippen LogP contribution in [0.4, 0.5) is 39.1 Å². The third-order valence-corrected chi connectivity index (χ3v) is 5.01. The van der Waals surface area contributed by atoms with E-state index in [1.165, 1.54) is 24.4 Å². The molecule has 0 saturated carbocycles. The molecule has 1 aromatic heterocycles. The molecule has 2 heterocycles. The number of nitrogens with zero attached hydrogens (tertiary/aromatic N) is 1. The number of aromatic nitrogens is 1. The summed E-state index contributed by atoms with van der Waals surface area (Å²) in [6.45, 7) is -0.341. The summed E-state index contributed by atoms with van der Waals surface area (Å²) in [6.07, 6.45) is -7.36. The van der Waals surface area contributed by atoms with Crippen molar-refractivity contribution in [2.24, 2.45) is 0 Å². The predicted octanol–water partition coefficient (Wildman–Crippen LogP) is 4.78. The molecule has 14 heteroatoms. The van der Waals surface area contributed by atoms with Crippen molar-refractivity contribution in [2.45, 2.75) is 19.0 Å². The minimum absolute atomic E-state index is 0.0911. The van der Waals surface area contributed by atoms with E-state index < -0.39 is 31.0 Å². The molecule has 200 valence electrons. The minimum atomic E-state index is -5.06. The minimum Gasteiger partial charge on any atom is -0.457 e. The topological polar surface area (TPSA) is 111 Å². The summed E-state index contributed by atoms with van der Waals surface area (Å²) < 4.78 is 75.8. The maximum Gasteiger partial charge on any atom is 0.586 e. The largest absolute Gasteiger partial charge is 0.586 e. The van der Waals surface area contributed by atoms with Crippen LogP contribution in [0.3, 0.4) is 0 Å². The highest BCUT2D eigenvalue weighted by Gasteiger charge is 2.43. The number of anilines is 3. The smallest absolute Gasteiger partial charge is 0.457 e. The average molecular weight is 538 g/mol. The van der Waals surface area contributed by atoms with E-state index >= 15 is 0 Å². The van der Waals surface area contributed by atoms with E-state index in [1.54, 1.807) is 36.4 Å². The third kappa shape index (κ3) is 6.78. The maximum absolute atomic E-state index is 13.2. The second-order valence-electron chi connectivity index (χ2n) is 7.79. The van der Waals surface area contributed by atoms with Crippen molar-refractivity contribution in [2.75, 3.05) is 29.1 Å². The van der Waals surface area contributed by atoms with Crippen LogP contribution in [0, 0.1) is 0 Å². The van der Waals surface area contributed by atoms with Gasteiger partial charge in [0.15, 0.2) is 11.5 Å². The zero-order chi connectivity index (χ0) is 27.3. The molecule has 0 aliphatic carbocycles. The van der Waals surface area contributed by atoms with Crippen LogP contribution >= 0.6 is 0 Å². The van der Waals surface area contributed by atoms with Gasteiger partial charge in [0, 0.05) is 30.2 Å². The number of rotatable bonds is 9. The molecule has 9 nitrogen and oxygen atoms in total. The van der Waals surface area contributed by atoms with Crippen molar-refractivity contribution in [3.8, 4) is 11.5 Å². The van der Waals surface area contributed by atoms with Gasteiger partial charge in [0.25, 0.3) is 5.91 Å². The lowest BCUT2D eigenvalue weighted by Gasteiger charge is -2.13. The number of nitrogens with one attached hydrogen (secondary N) is 3. The first kappa shape index (κ1) is 26.4. The van der Waals surface area contributed by atoms with Crippen LogP contribution in [0.15, 0.2) is 60.8 Å². The van der Waals surface area contributed by atoms with Gasteiger partial charge in [-0.2, -0.15) is 13.2 Å². The van der Waals surface area contributed by atoms with Crippen LogP contribution in [0.25, 0.3) is 0 Å². The second-order valence-corrected chi connectivity index (χ2v) is 7.79. The van der Waals surface area contributed by atoms with E-state index in [-0.39, 0.29) is 35.8 Å². The molecule has 38 heavy (non-hydrogen) atoms. The lowest BCUT2D eigenvalue weighted by molar-refractivity contribution is -0.286. The number of halogens is 5. The highest BCUT2D eigenvalue weighted by molar-refractivity contribution is 6.08. The summed E-state index contributed by atoms with van der Waals surface area (Å²) in [5.74, 6) is -2.80. The number of amides is 1. The van der Waals surface area contributed by atoms with Gasteiger partial charge in [-0.1, -0.05) is 12.1 Å². The molecular weight excluding hydrogens is 519 g/mol. The van der Waals surface area contributed by atoms with Crippen LogP contribution in [0.1, 0.15) is 15.9 Å². The number of carbonyl (C=O) groups is 2. The Hall–Kier alpha value is -4.62. The molecule has 1 aliphatic heterocycles. The second kappa shape index (κ2) is 10.8. The molecule has 1 aliphatic rings. The fourth-order valence-electron chi connectivity index (χ4n) is 3.34. The number of ether oxygens (including phenoxy) is 3. The van der Waals surface area contributed by atoms with E-state index in [4.69, 9.17) is 0 Å². The number of fused-ring (bicyclic) bond motifs is 1. The number of para-hydroxylation sites is 1. The fraction of sp³-hybridized carbons (Fsp3) is 0.208. The lowest BCUT2D eigenvalue weighted by atomic mass is 10.1. The van der Waals surface area contributed by atoms with Gasteiger partial charge in [-0.25, -0.2) is 9.78 Å². The number of esters is 1. The fourth-order valence-corrected chi connectivity index (χ4v) is 3.34. The number of pyridine rings is 1. The van der Waals surface area contributed by atoms with Crippen LogP contribution in [0.2, 0.25) is 0 Å². The van der Waals surface area contributed by atoms with E-state index in [1.807, 2.05) is 0 Å². The van der Waals surface area contributed by atoms with Crippen molar-refractivity contribution in [1.82, 2.24) is 4.98 Å². The number of hydrogen-bond acceptors (Lipinski definition) is 8. The quantitative estimate of drug-likeness (QED) is 0.203. The first-order chi connectivity index (χ1) is 18.0. The van der Waals surface area contributed by atoms with Crippen LogP contribution in [-0.2, 0) is 16.1 Å². The normalized spacial score (nSPS) is 13.5. The van der Waals surface area contributed by atoms with Crippen LogP contribution in [-0.4, -0.2) is 42.5 Å². The van der Waals surface area contributed by atoms with Gasteiger partial charge in [-0.3, -0.25) is 4.79 Å².